The predicted octanol–water partition coefficient (Wildman–Crippen LogP) is 3.38. The van der Waals surface area contributed by atoms with E-state index in [1.54, 1.807) is 0 Å². The Kier molecular flexibility index (Phi) is 4.00. The van der Waals surface area contributed by atoms with E-state index in [-0.39, 0.29) is 0 Å². The van der Waals surface area contributed by atoms with Gasteiger partial charge in [-0.25, -0.2) is 0 Å². The van der Waals surface area contributed by atoms with Crippen molar-refractivity contribution in [3.05, 3.63) is 34.9 Å². The zero-order valence-corrected chi connectivity index (χ0v) is 10.6. The molecule has 16 heavy (non-hydrogen) atoms. The molecular formula is C15H23N. The molecule has 2 rings (SSSR count). The minimum atomic E-state index is 0.796. The van der Waals surface area contributed by atoms with Gasteiger partial charge in [0.1, 0.15) is 0 Å². The van der Waals surface area contributed by atoms with Gasteiger partial charge in [0.25, 0.3) is 0 Å². The Morgan fingerprint density at radius 3 is 2.38 bits per heavy atom. The molecule has 0 saturated heterocycles. The molecule has 1 N–H and O–H groups in total. The maximum Gasteiger partial charge on any atom is 0.00671 e. The second-order valence-corrected chi connectivity index (χ2v) is 5.06. The van der Waals surface area contributed by atoms with E-state index in [0.717, 1.165) is 12.6 Å². The summed E-state index contributed by atoms with van der Waals surface area (Å²) >= 11 is 0. The van der Waals surface area contributed by atoms with Crippen LogP contribution in [0.5, 0.6) is 0 Å². The summed E-state index contributed by atoms with van der Waals surface area (Å²) in [6, 6.07) is 7.39. The summed E-state index contributed by atoms with van der Waals surface area (Å²) < 4.78 is 0. The van der Waals surface area contributed by atoms with E-state index in [1.807, 2.05) is 0 Å². The van der Waals surface area contributed by atoms with Crippen LogP contribution in [0.15, 0.2) is 18.2 Å². The number of nitrogens with one attached hydrogen (secondary N) is 1. The molecule has 1 aromatic rings. The molecule has 0 radical (unpaired) electrons. The zero-order valence-electron chi connectivity index (χ0n) is 10.6. The first-order valence-electron chi connectivity index (χ1n) is 6.56. The molecule has 1 aromatic carbocycles. The van der Waals surface area contributed by atoms with E-state index in [2.05, 4.69) is 37.4 Å². The molecule has 1 saturated carbocycles. The van der Waals surface area contributed by atoms with Crippen molar-refractivity contribution in [2.45, 2.75) is 52.0 Å². The van der Waals surface area contributed by atoms with Gasteiger partial charge in [-0.3, -0.25) is 0 Å². The van der Waals surface area contributed by atoms with Crippen LogP contribution < -0.4 is 5.32 Å². The summed E-state index contributed by atoms with van der Waals surface area (Å²) in [6.45, 7) is 5.58. The van der Waals surface area contributed by atoms with Crippen LogP contribution in [0, 0.1) is 13.8 Å². The van der Waals surface area contributed by atoms with Crippen molar-refractivity contribution in [2.24, 2.45) is 0 Å². The number of hydrogen-bond acceptors (Lipinski definition) is 1. The predicted molar refractivity (Wildman–Crippen MR) is 69.9 cm³/mol. The van der Waals surface area contributed by atoms with Crippen molar-refractivity contribution in [3.63, 3.8) is 0 Å². The molecule has 0 aromatic heterocycles. The molecule has 0 bridgehead atoms. The van der Waals surface area contributed by atoms with Gasteiger partial charge in [0.05, 0.1) is 0 Å². The SMILES string of the molecule is Cc1cccc(C)c1CCNC1CCCC1. The average Bonchev–Trinajstić information content (AvgIpc) is 2.75. The van der Waals surface area contributed by atoms with Crippen molar-refractivity contribution >= 4 is 0 Å². The van der Waals surface area contributed by atoms with Gasteiger partial charge in [-0.15, -0.1) is 0 Å². The van der Waals surface area contributed by atoms with Gasteiger partial charge in [-0.05, 0) is 56.3 Å². The highest BCUT2D eigenvalue weighted by atomic mass is 14.9. The Balaban J connectivity index is 1.84. The molecule has 0 spiro atoms. The van der Waals surface area contributed by atoms with Crippen molar-refractivity contribution in [2.75, 3.05) is 6.54 Å². The van der Waals surface area contributed by atoms with E-state index >= 15 is 0 Å². The van der Waals surface area contributed by atoms with E-state index < -0.39 is 0 Å². The van der Waals surface area contributed by atoms with E-state index in [1.165, 1.54) is 48.8 Å². The van der Waals surface area contributed by atoms with E-state index in [4.69, 9.17) is 0 Å². The number of aryl methyl sites for hydroxylation is 2. The Hall–Kier alpha value is -0.820. The first kappa shape index (κ1) is 11.7. The van der Waals surface area contributed by atoms with Gasteiger partial charge >= 0.3 is 0 Å². The number of hydrogen-bond donors (Lipinski definition) is 1. The summed E-state index contributed by atoms with van der Waals surface area (Å²) in [5.74, 6) is 0. The summed E-state index contributed by atoms with van der Waals surface area (Å²) in [5, 5.41) is 3.68. The van der Waals surface area contributed by atoms with Crippen molar-refractivity contribution < 1.29 is 0 Å². The van der Waals surface area contributed by atoms with Gasteiger partial charge < -0.3 is 5.32 Å². The molecule has 88 valence electrons. The fourth-order valence-corrected chi connectivity index (χ4v) is 2.77. The standard InChI is InChI=1S/C15H23N/c1-12-6-5-7-13(2)15(12)10-11-16-14-8-3-4-9-14/h5-7,14,16H,3-4,8-11H2,1-2H3. The van der Waals surface area contributed by atoms with Crippen LogP contribution >= 0.6 is 0 Å². The lowest BCUT2D eigenvalue weighted by atomic mass is 10.00. The molecule has 1 fully saturated rings. The first-order valence-corrected chi connectivity index (χ1v) is 6.56. The second-order valence-electron chi connectivity index (χ2n) is 5.06. The third kappa shape index (κ3) is 2.85. The lowest BCUT2D eigenvalue weighted by molar-refractivity contribution is 0.527. The molecule has 0 heterocycles. The fraction of sp³-hybridized carbons (Fsp3) is 0.600. The van der Waals surface area contributed by atoms with Gasteiger partial charge in [0.2, 0.25) is 0 Å². The van der Waals surface area contributed by atoms with Crippen LogP contribution in [0.1, 0.15) is 42.4 Å². The van der Waals surface area contributed by atoms with Crippen LogP contribution in [0.4, 0.5) is 0 Å². The Labute approximate surface area is 99.3 Å². The molecule has 1 nitrogen and oxygen atoms in total. The van der Waals surface area contributed by atoms with Gasteiger partial charge in [-0.1, -0.05) is 31.0 Å². The van der Waals surface area contributed by atoms with Crippen molar-refractivity contribution in [3.8, 4) is 0 Å². The molecule has 1 aliphatic rings. The smallest absolute Gasteiger partial charge is 0.00671 e. The maximum absolute atomic E-state index is 3.68. The van der Waals surface area contributed by atoms with Gasteiger partial charge in [-0.2, -0.15) is 0 Å². The first-order chi connectivity index (χ1) is 7.77. The van der Waals surface area contributed by atoms with E-state index in [9.17, 15) is 0 Å². The van der Waals surface area contributed by atoms with Crippen LogP contribution in [0.2, 0.25) is 0 Å². The second kappa shape index (κ2) is 5.49. The van der Waals surface area contributed by atoms with Crippen LogP contribution in [0.25, 0.3) is 0 Å². The van der Waals surface area contributed by atoms with Crippen LogP contribution in [0.3, 0.4) is 0 Å². The minimum Gasteiger partial charge on any atom is -0.314 e. The molecule has 1 aliphatic carbocycles. The van der Waals surface area contributed by atoms with E-state index in [0.29, 0.717) is 0 Å². The third-order valence-electron chi connectivity index (χ3n) is 3.81. The van der Waals surface area contributed by atoms with Gasteiger partial charge in [0, 0.05) is 6.04 Å². The minimum absolute atomic E-state index is 0.796. The Morgan fingerprint density at radius 1 is 1.12 bits per heavy atom. The Morgan fingerprint density at radius 2 is 1.75 bits per heavy atom. The highest BCUT2D eigenvalue weighted by Gasteiger charge is 2.13. The molecular weight excluding hydrogens is 194 g/mol. The summed E-state index contributed by atoms with van der Waals surface area (Å²) in [5.41, 5.74) is 4.41. The van der Waals surface area contributed by atoms with Crippen molar-refractivity contribution in [1.29, 1.82) is 0 Å². The van der Waals surface area contributed by atoms with Crippen molar-refractivity contribution in [1.82, 2.24) is 5.32 Å². The topological polar surface area (TPSA) is 12.0 Å². The normalized spacial score (nSPS) is 16.9. The average molecular weight is 217 g/mol. The van der Waals surface area contributed by atoms with Gasteiger partial charge in [0.15, 0.2) is 0 Å². The summed E-state index contributed by atoms with van der Waals surface area (Å²) in [6.07, 6.45) is 6.77. The highest BCUT2D eigenvalue weighted by molar-refractivity contribution is 5.33. The molecule has 0 unspecified atom stereocenters. The fourth-order valence-electron chi connectivity index (χ4n) is 2.77. The lowest BCUT2D eigenvalue weighted by Crippen LogP contribution is -2.28. The Bertz CT molecular complexity index is 317. The third-order valence-corrected chi connectivity index (χ3v) is 3.81. The molecule has 0 atom stereocenters. The summed E-state index contributed by atoms with van der Waals surface area (Å²) in [4.78, 5) is 0. The molecule has 1 heteroatoms. The van der Waals surface area contributed by atoms with Crippen LogP contribution in [-0.4, -0.2) is 12.6 Å². The quantitative estimate of drug-likeness (QED) is 0.815. The largest absolute Gasteiger partial charge is 0.314 e. The lowest BCUT2D eigenvalue weighted by Gasteiger charge is -2.14. The zero-order chi connectivity index (χ0) is 11.4. The number of rotatable bonds is 4. The molecule has 0 aliphatic heterocycles. The monoisotopic (exact) mass is 217 g/mol. The number of benzene rings is 1. The maximum atomic E-state index is 3.68. The van der Waals surface area contributed by atoms with Crippen LogP contribution in [-0.2, 0) is 6.42 Å². The summed E-state index contributed by atoms with van der Waals surface area (Å²) in [7, 11) is 0. The molecule has 0 amide bonds. The highest BCUT2D eigenvalue weighted by Crippen LogP contribution is 2.18.